The van der Waals surface area contributed by atoms with E-state index >= 15 is 0 Å². The molecule has 4 heteroatoms. The number of rotatable bonds is 10. The summed E-state index contributed by atoms with van der Waals surface area (Å²) in [4.78, 5) is 0. The Morgan fingerprint density at radius 2 is 1.94 bits per heavy atom. The zero-order valence-corrected chi connectivity index (χ0v) is 10.7. The van der Waals surface area contributed by atoms with Crippen LogP contribution in [0.1, 0.15) is 32.6 Å². The van der Waals surface area contributed by atoms with Crippen LogP contribution in [-0.4, -0.2) is 39.5 Å². The number of nitrogens with one attached hydrogen (secondary N) is 1. The van der Waals surface area contributed by atoms with Crippen molar-refractivity contribution in [3.05, 3.63) is 0 Å². The second-order valence-corrected chi connectivity index (χ2v) is 3.86. The van der Waals surface area contributed by atoms with Crippen molar-refractivity contribution in [2.75, 3.05) is 34.0 Å². The summed E-state index contributed by atoms with van der Waals surface area (Å²) in [6.07, 6.45) is 3.50. The summed E-state index contributed by atoms with van der Waals surface area (Å²) >= 11 is 0. The molecule has 0 aromatic carbocycles. The van der Waals surface area contributed by atoms with Crippen LogP contribution in [0.25, 0.3) is 0 Å². The number of hydrogen-bond acceptors (Lipinski definition) is 4. The first-order valence-electron chi connectivity index (χ1n) is 5.91. The average molecular weight is 228 g/mol. The molecule has 0 saturated carbocycles. The predicted molar refractivity (Wildman–Crippen MR) is 64.2 cm³/mol. The standard InChI is InChI=1S/C12H24N2O2/c1-4-12(11-13,14-2)7-5-9-16-10-6-8-15-3/h14H,4-10H2,1-3H3. The van der Waals surface area contributed by atoms with Gasteiger partial charge in [-0.05, 0) is 32.7 Å². The molecule has 0 rings (SSSR count). The van der Waals surface area contributed by atoms with Gasteiger partial charge in [0, 0.05) is 26.9 Å². The third kappa shape index (κ3) is 6.06. The van der Waals surface area contributed by atoms with Crippen LogP contribution in [0, 0.1) is 11.3 Å². The number of methoxy groups -OCH3 is 1. The lowest BCUT2D eigenvalue weighted by Crippen LogP contribution is -2.40. The van der Waals surface area contributed by atoms with Gasteiger partial charge in [-0.15, -0.1) is 0 Å². The first kappa shape index (κ1) is 15.4. The summed E-state index contributed by atoms with van der Waals surface area (Å²) < 4.78 is 10.4. The van der Waals surface area contributed by atoms with Gasteiger partial charge in [0.15, 0.2) is 0 Å². The monoisotopic (exact) mass is 228 g/mol. The van der Waals surface area contributed by atoms with E-state index in [1.807, 2.05) is 14.0 Å². The van der Waals surface area contributed by atoms with Crippen molar-refractivity contribution in [2.45, 2.75) is 38.1 Å². The van der Waals surface area contributed by atoms with Gasteiger partial charge in [-0.2, -0.15) is 5.26 Å². The smallest absolute Gasteiger partial charge is 0.106 e. The highest BCUT2D eigenvalue weighted by Crippen LogP contribution is 2.15. The van der Waals surface area contributed by atoms with Crippen molar-refractivity contribution in [1.82, 2.24) is 5.32 Å². The van der Waals surface area contributed by atoms with Crippen molar-refractivity contribution in [3.63, 3.8) is 0 Å². The topological polar surface area (TPSA) is 54.3 Å². The zero-order valence-electron chi connectivity index (χ0n) is 10.7. The Morgan fingerprint density at radius 3 is 2.44 bits per heavy atom. The molecule has 0 aromatic heterocycles. The largest absolute Gasteiger partial charge is 0.385 e. The number of nitrogens with zero attached hydrogens (tertiary/aromatic N) is 1. The van der Waals surface area contributed by atoms with Gasteiger partial charge in [0.2, 0.25) is 0 Å². The maximum absolute atomic E-state index is 9.08. The van der Waals surface area contributed by atoms with Gasteiger partial charge < -0.3 is 14.8 Å². The Labute approximate surface area is 98.9 Å². The van der Waals surface area contributed by atoms with Crippen molar-refractivity contribution in [3.8, 4) is 6.07 Å². The molecule has 4 nitrogen and oxygen atoms in total. The van der Waals surface area contributed by atoms with Gasteiger partial charge >= 0.3 is 0 Å². The summed E-state index contributed by atoms with van der Waals surface area (Å²) in [7, 11) is 3.53. The third-order valence-corrected chi connectivity index (χ3v) is 2.83. The summed E-state index contributed by atoms with van der Waals surface area (Å²) in [6.45, 7) is 4.22. The number of nitriles is 1. The highest BCUT2D eigenvalue weighted by molar-refractivity contribution is 5.05. The van der Waals surface area contributed by atoms with Gasteiger partial charge in [0.05, 0.1) is 6.07 Å². The van der Waals surface area contributed by atoms with Gasteiger partial charge in [0.25, 0.3) is 0 Å². The minimum atomic E-state index is -0.379. The van der Waals surface area contributed by atoms with Gasteiger partial charge in [-0.1, -0.05) is 6.92 Å². The molecular weight excluding hydrogens is 204 g/mol. The van der Waals surface area contributed by atoms with Gasteiger partial charge in [-0.25, -0.2) is 0 Å². The summed E-state index contributed by atoms with van der Waals surface area (Å²) in [5.74, 6) is 0. The zero-order chi connectivity index (χ0) is 12.3. The van der Waals surface area contributed by atoms with E-state index in [0.717, 1.165) is 45.5 Å². The number of hydrogen-bond donors (Lipinski definition) is 1. The SMILES string of the molecule is CCC(C#N)(CCCOCCCOC)NC. The summed E-state index contributed by atoms with van der Waals surface area (Å²) in [5, 5.41) is 12.2. The highest BCUT2D eigenvalue weighted by atomic mass is 16.5. The van der Waals surface area contributed by atoms with Crippen LogP contribution >= 0.6 is 0 Å². The molecule has 16 heavy (non-hydrogen) atoms. The van der Waals surface area contributed by atoms with Crippen LogP contribution in [0.2, 0.25) is 0 Å². The molecule has 0 aliphatic carbocycles. The molecule has 0 bridgehead atoms. The second-order valence-electron chi connectivity index (χ2n) is 3.86. The minimum absolute atomic E-state index is 0.379. The second kappa shape index (κ2) is 9.59. The molecule has 94 valence electrons. The molecule has 0 heterocycles. The van der Waals surface area contributed by atoms with Crippen molar-refractivity contribution in [1.29, 1.82) is 5.26 Å². The van der Waals surface area contributed by atoms with Crippen LogP contribution < -0.4 is 5.32 Å². The first-order valence-corrected chi connectivity index (χ1v) is 5.91. The fraction of sp³-hybridized carbons (Fsp3) is 0.917. The lowest BCUT2D eigenvalue weighted by atomic mass is 9.92. The van der Waals surface area contributed by atoms with Gasteiger partial charge in [0.1, 0.15) is 5.54 Å². The van der Waals surface area contributed by atoms with Gasteiger partial charge in [-0.3, -0.25) is 0 Å². The summed E-state index contributed by atoms with van der Waals surface area (Å²) in [6, 6.07) is 2.34. The van der Waals surface area contributed by atoms with E-state index in [4.69, 9.17) is 14.7 Å². The van der Waals surface area contributed by atoms with Crippen LogP contribution in [0.15, 0.2) is 0 Å². The van der Waals surface area contributed by atoms with E-state index < -0.39 is 0 Å². The molecule has 1 N–H and O–H groups in total. The molecule has 0 amide bonds. The van der Waals surface area contributed by atoms with Crippen LogP contribution in [0.3, 0.4) is 0 Å². The average Bonchev–Trinajstić information content (AvgIpc) is 2.34. The predicted octanol–water partition coefficient (Wildman–Crippen LogP) is 1.71. The van der Waals surface area contributed by atoms with Crippen LogP contribution in [0.5, 0.6) is 0 Å². The van der Waals surface area contributed by atoms with E-state index in [1.165, 1.54) is 0 Å². The lowest BCUT2D eigenvalue weighted by Gasteiger charge is -2.24. The Kier molecular flexibility index (Phi) is 9.21. The molecule has 0 aliphatic rings. The maximum Gasteiger partial charge on any atom is 0.106 e. The minimum Gasteiger partial charge on any atom is -0.385 e. The molecule has 0 radical (unpaired) electrons. The molecular formula is C12H24N2O2. The van der Waals surface area contributed by atoms with Crippen LogP contribution in [-0.2, 0) is 9.47 Å². The normalized spacial score (nSPS) is 14.4. The van der Waals surface area contributed by atoms with E-state index in [0.29, 0.717) is 0 Å². The molecule has 0 saturated heterocycles. The number of ether oxygens (including phenoxy) is 2. The van der Waals surface area contributed by atoms with E-state index in [2.05, 4.69) is 11.4 Å². The maximum atomic E-state index is 9.08. The molecule has 0 spiro atoms. The molecule has 0 aromatic rings. The molecule has 1 atom stereocenters. The van der Waals surface area contributed by atoms with E-state index in [9.17, 15) is 0 Å². The lowest BCUT2D eigenvalue weighted by molar-refractivity contribution is 0.0975. The van der Waals surface area contributed by atoms with Crippen LogP contribution in [0.4, 0.5) is 0 Å². The first-order chi connectivity index (χ1) is 7.74. The third-order valence-electron chi connectivity index (χ3n) is 2.83. The Hall–Kier alpha value is -0.630. The highest BCUT2D eigenvalue weighted by Gasteiger charge is 2.24. The summed E-state index contributed by atoms with van der Waals surface area (Å²) in [5.41, 5.74) is -0.379. The van der Waals surface area contributed by atoms with Crippen molar-refractivity contribution >= 4 is 0 Å². The Morgan fingerprint density at radius 1 is 1.25 bits per heavy atom. The quantitative estimate of drug-likeness (QED) is 0.578. The molecule has 0 aliphatic heterocycles. The van der Waals surface area contributed by atoms with Crippen molar-refractivity contribution in [2.24, 2.45) is 0 Å². The Balaban J connectivity index is 3.53. The Bertz CT molecular complexity index is 198. The molecule has 0 fully saturated rings. The van der Waals surface area contributed by atoms with Crippen molar-refractivity contribution < 1.29 is 9.47 Å². The molecule has 1 unspecified atom stereocenters. The fourth-order valence-electron chi connectivity index (χ4n) is 1.55. The fourth-order valence-corrected chi connectivity index (χ4v) is 1.55. The van der Waals surface area contributed by atoms with E-state index in [-0.39, 0.29) is 5.54 Å². The van der Waals surface area contributed by atoms with E-state index in [1.54, 1.807) is 7.11 Å².